The maximum Gasteiger partial charge on any atom is 0.308 e. The van der Waals surface area contributed by atoms with Crippen molar-refractivity contribution in [3.8, 4) is 5.75 Å². The van der Waals surface area contributed by atoms with E-state index >= 15 is 0 Å². The molecular weight excluding hydrogens is 444 g/mol. The first kappa shape index (κ1) is 25.5. The number of esters is 1. The summed E-state index contributed by atoms with van der Waals surface area (Å²) in [7, 11) is 1.59. The predicted molar refractivity (Wildman–Crippen MR) is 133 cm³/mol. The highest BCUT2D eigenvalue weighted by atomic mass is 16.5. The van der Waals surface area contributed by atoms with Crippen molar-refractivity contribution in [3.05, 3.63) is 29.8 Å². The lowest BCUT2D eigenvalue weighted by atomic mass is 9.49. The van der Waals surface area contributed by atoms with Crippen LogP contribution in [0.1, 0.15) is 83.2 Å². The molecule has 4 aliphatic rings. The lowest BCUT2D eigenvalue weighted by molar-refractivity contribution is -0.148. The van der Waals surface area contributed by atoms with Gasteiger partial charge in [-0.2, -0.15) is 0 Å². The number of ether oxygens (including phenoxy) is 2. The molecule has 0 aliphatic heterocycles. The second kappa shape index (κ2) is 11.0. The first-order chi connectivity index (χ1) is 16.8. The molecule has 2 N–H and O–H groups in total. The van der Waals surface area contributed by atoms with Gasteiger partial charge in [-0.25, -0.2) is 0 Å². The minimum Gasteiger partial charge on any atom is -0.497 e. The molecule has 2 amide bonds. The average molecular weight is 485 g/mol. The molecule has 1 atom stereocenters. The predicted octanol–water partition coefficient (Wildman–Crippen LogP) is 4.31. The number of carbonyl (C=O) groups excluding carboxylic acids is 3. The van der Waals surface area contributed by atoms with E-state index in [1.807, 2.05) is 24.3 Å². The Hall–Kier alpha value is -2.57. The van der Waals surface area contributed by atoms with Gasteiger partial charge in [0.1, 0.15) is 5.75 Å². The highest BCUT2D eigenvalue weighted by Crippen LogP contribution is 2.60. The van der Waals surface area contributed by atoms with Gasteiger partial charge in [-0.15, -0.1) is 0 Å². The van der Waals surface area contributed by atoms with E-state index in [2.05, 4.69) is 10.6 Å². The molecule has 7 nitrogen and oxygen atoms in total. The molecule has 0 radical (unpaired) electrons. The number of rotatable bonds is 11. The summed E-state index contributed by atoms with van der Waals surface area (Å²) < 4.78 is 10.5. The summed E-state index contributed by atoms with van der Waals surface area (Å²) in [5.41, 5.74) is 0.655. The van der Waals surface area contributed by atoms with Crippen LogP contribution in [0.2, 0.25) is 0 Å². The maximum atomic E-state index is 13.1. The molecule has 0 heterocycles. The average Bonchev–Trinajstić information content (AvgIpc) is 2.80. The van der Waals surface area contributed by atoms with Gasteiger partial charge in [-0.05, 0) is 94.2 Å². The molecule has 1 aromatic rings. The fourth-order valence-electron chi connectivity index (χ4n) is 6.86. The largest absolute Gasteiger partial charge is 0.497 e. The van der Waals surface area contributed by atoms with E-state index in [0.29, 0.717) is 18.7 Å². The fourth-order valence-corrected chi connectivity index (χ4v) is 6.86. The van der Waals surface area contributed by atoms with Crippen LogP contribution in [-0.2, 0) is 19.1 Å². The van der Waals surface area contributed by atoms with Gasteiger partial charge in [0.2, 0.25) is 11.8 Å². The highest BCUT2D eigenvalue weighted by Gasteiger charge is 2.54. The Morgan fingerprint density at radius 2 is 1.60 bits per heavy atom. The van der Waals surface area contributed by atoms with Crippen molar-refractivity contribution >= 4 is 17.8 Å². The zero-order chi connectivity index (χ0) is 25.0. The van der Waals surface area contributed by atoms with Crippen LogP contribution >= 0.6 is 0 Å². The molecule has 5 rings (SSSR count). The van der Waals surface area contributed by atoms with Crippen LogP contribution in [0.25, 0.3) is 0 Å². The molecule has 0 spiro atoms. The number of nitrogens with one attached hydrogen (secondary N) is 2. The number of carbonyl (C=O) groups is 3. The second-order valence-electron chi connectivity index (χ2n) is 11.2. The van der Waals surface area contributed by atoms with Crippen molar-refractivity contribution in [2.75, 3.05) is 13.7 Å². The normalized spacial score (nSPS) is 27.4. The van der Waals surface area contributed by atoms with Crippen LogP contribution in [0.15, 0.2) is 24.3 Å². The van der Waals surface area contributed by atoms with Crippen LogP contribution in [0.4, 0.5) is 0 Å². The van der Waals surface area contributed by atoms with E-state index in [-0.39, 0.29) is 42.1 Å². The van der Waals surface area contributed by atoms with Crippen molar-refractivity contribution in [1.82, 2.24) is 10.6 Å². The Labute approximate surface area is 208 Å². The third kappa shape index (κ3) is 6.36. The third-order valence-electron chi connectivity index (χ3n) is 7.98. The lowest BCUT2D eigenvalue weighted by Crippen LogP contribution is -2.53. The molecule has 35 heavy (non-hydrogen) atoms. The Balaban J connectivity index is 1.26. The monoisotopic (exact) mass is 484 g/mol. The van der Waals surface area contributed by atoms with Gasteiger partial charge >= 0.3 is 5.97 Å². The number of hydrogen-bond acceptors (Lipinski definition) is 5. The van der Waals surface area contributed by atoms with Crippen LogP contribution in [0, 0.1) is 23.2 Å². The Bertz CT molecular complexity index is 875. The van der Waals surface area contributed by atoms with Crippen LogP contribution in [0.3, 0.4) is 0 Å². The molecule has 1 aromatic carbocycles. The summed E-state index contributed by atoms with van der Waals surface area (Å²) in [4.78, 5) is 38.1. The molecule has 4 aliphatic carbocycles. The molecule has 0 aromatic heterocycles. The van der Waals surface area contributed by atoms with Gasteiger partial charge in [-0.1, -0.05) is 12.1 Å². The topological polar surface area (TPSA) is 93.7 Å². The van der Waals surface area contributed by atoms with Crippen molar-refractivity contribution in [2.45, 2.75) is 83.8 Å². The fraction of sp³-hybridized carbons (Fsp3) is 0.679. The van der Waals surface area contributed by atoms with Gasteiger partial charge in [0, 0.05) is 18.4 Å². The molecule has 192 valence electrons. The number of benzene rings is 1. The molecule has 4 bridgehead atoms. The van der Waals surface area contributed by atoms with Gasteiger partial charge in [0.15, 0.2) is 0 Å². The minimum atomic E-state index is -0.485. The second-order valence-corrected chi connectivity index (χ2v) is 11.2. The van der Waals surface area contributed by atoms with Gasteiger partial charge < -0.3 is 20.1 Å². The van der Waals surface area contributed by atoms with E-state index in [1.54, 1.807) is 21.0 Å². The smallest absolute Gasteiger partial charge is 0.308 e. The van der Waals surface area contributed by atoms with Gasteiger partial charge in [-0.3, -0.25) is 14.4 Å². The first-order valence-electron chi connectivity index (χ1n) is 13.2. The molecule has 4 fully saturated rings. The zero-order valence-corrected chi connectivity index (χ0v) is 21.3. The number of hydrogen-bond donors (Lipinski definition) is 2. The molecule has 0 saturated heterocycles. The van der Waals surface area contributed by atoms with Gasteiger partial charge in [0.05, 0.1) is 25.7 Å². The lowest BCUT2D eigenvalue weighted by Gasteiger charge is -2.55. The summed E-state index contributed by atoms with van der Waals surface area (Å²) in [6.45, 7) is 4.10. The summed E-state index contributed by atoms with van der Waals surface area (Å²) in [6, 6.07) is 6.82. The molecular formula is C28H40N2O5. The van der Waals surface area contributed by atoms with Crippen LogP contribution in [-0.4, -0.2) is 37.5 Å². The van der Waals surface area contributed by atoms with E-state index in [9.17, 15) is 14.4 Å². The third-order valence-corrected chi connectivity index (χ3v) is 7.98. The highest BCUT2D eigenvalue weighted by molar-refractivity contribution is 5.83. The van der Waals surface area contributed by atoms with Crippen LogP contribution in [0.5, 0.6) is 5.75 Å². The van der Waals surface area contributed by atoms with E-state index in [1.165, 1.54) is 19.3 Å². The van der Waals surface area contributed by atoms with Crippen molar-refractivity contribution in [2.24, 2.45) is 23.2 Å². The number of amides is 2. The standard InChI is InChI=1S/C28H40N2O5/c1-18(2)35-26(32)14-24(22-6-8-23(34-3)9-7-22)30-25(31)5-4-10-29-27(33)28-15-19-11-20(16-28)13-21(12-19)17-28/h6-9,18-21,24H,4-5,10-17H2,1-3H3,(H,29,33)(H,30,31). The van der Waals surface area contributed by atoms with E-state index in [0.717, 1.165) is 42.6 Å². The van der Waals surface area contributed by atoms with Crippen molar-refractivity contribution in [3.63, 3.8) is 0 Å². The minimum absolute atomic E-state index is 0.0546. The van der Waals surface area contributed by atoms with Gasteiger partial charge in [0.25, 0.3) is 0 Å². The van der Waals surface area contributed by atoms with E-state index in [4.69, 9.17) is 9.47 Å². The van der Waals surface area contributed by atoms with Crippen molar-refractivity contribution < 1.29 is 23.9 Å². The quantitative estimate of drug-likeness (QED) is 0.361. The summed E-state index contributed by atoms with van der Waals surface area (Å²) in [6.07, 6.45) is 7.75. The summed E-state index contributed by atoms with van der Waals surface area (Å²) in [5.74, 6) is 2.60. The molecule has 7 heteroatoms. The molecule has 1 unspecified atom stereocenters. The zero-order valence-electron chi connectivity index (χ0n) is 21.3. The Morgan fingerprint density at radius 1 is 1.00 bits per heavy atom. The number of methoxy groups -OCH3 is 1. The first-order valence-corrected chi connectivity index (χ1v) is 13.2. The summed E-state index contributed by atoms with van der Waals surface area (Å²) in [5, 5.41) is 6.12. The Kier molecular flexibility index (Phi) is 8.02. The Morgan fingerprint density at radius 3 is 2.14 bits per heavy atom. The summed E-state index contributed by atoms with van der Waals surface area (Å²) >= 11 is 0. The maximum absolute atomic E-state index is 13.1. The molecule has 4 saturated carbocycles. The van der Waals surface area contributed by atoms with Crippen LogP contribution < -0.4 is 15.4 Å². The SMILES string of the molecule is COc1ccc(C(CC(=O)OC(C)C)NC(=O)CCCNC(=O)C23CC4CC(CC(C4)C2)C3)cc1. The van der Waals surface area contributed by atoms with E-state index < -0.39 is 6.04 Å². The van der Waals surface area contributed by atoms with Crippen molar-refractivity contribution in [1.29, 1.82) is 0 Å².